The first kappa shape index (κ1) is 12.4. The van der Waals surface area contributed by atoms with E-state index in [1.807, 2.05) is 7.05 Å². The summed E-state index contributed by atoms with van der Waals surface area (Å²) in [6.45, 7) is 1.36. The molecule has 13 heavy (non-hydrogen) atoms. The van der Waals surface area contributed by atoms with E-state index in [0.29, 0.717) is 13.2 Å². The summed E-state index contributed by atoms with van der Waals surface area (Å²) in [6, 6.07) is 0. The minimum absolute atomic E-state index is 0.0181. The molecule has 0 aromatic carbocycles. The number of hydrogen-bond acceptors (Lipinski definition) is 4. The fourth-order valence-corrected chi connectivity index (χ4v) is 0.820. The Kier molecular flexibility index (Phi) is 7.67. The van der Waals surface area contributed by atoms with Crippen molar-refractivity contribution < 1.29 is 4.79 Å². The van der Waals surface area contributed by atoms with E-state index in [9.17, 15) is 4.79 Å². The zero-order valence-electron chi connectivity index (χ0n) is 8.18. The SMILES string of the molecule is [B]CC(=O)N[C@@H](CNCNC)NC. The van der Waals surface area contributed by atoms with E-state index in [4.69, 9.17) is 7.85 Å². The van der Waals surface area contributed by atoms with Gasteiger partial charge < -0.3 is 16.0 Å². The van der Waals surface area contributed by atoms with E-state index >= 15 is 0 Å². The maximum Gasteiger partial charge on any atom is 0.212 e. The minimum Gasteiger partial charge on any atom is -0.340 e. The van der Waals surface area contributed by atoms with Crippen LogP contribution >= 0.6 is 0 Å². The number of nitrogens with one attached hydrogen (secondary N) is 4. The molecule has 0 aliphatic heterocycles. The molecule has 0 saturated heterocycles. The van der Waals surface area contributed by atoms with Crippen LogP contribution in [0.15, 0.2) is 0 Å². The maximum absolute atomic E-state index is 10.9. The molecule has 0 bridgehead atoms. The van der Waals surface area contributed by atoms with Crippen molar-refractivity contribution in [1.29, 1.82) is 0 Å². The predicted molar refractivity (Wildman–Crippen MR) is 53.5 cm³/mol. The Hall–Kier alpha value is -0.585. The third-order valence-corrected chi connectivity index (χ3v) is 1.52. The first-order valence-corrected chi connectivity index (χ1v) is 4.26. The highest BCUT2D eigenvalue weighted by atomic mass is 16.1. The third-order valence-electron chi connectivity index (χ3n) is 1.52. The molecule has 6 heteroatoms. The summed E-state index contributed by atoms with van der Waals surface area (Å²) in [5.41, 5.74) is 0. The number of amides is 1. The molecule has 1 atom stereocenters. The molecular formula is C7H17BN4O. The van der Waals surface area contributed by atoms with Crippen molar-refractivity contribution in [2.75, 3.05) is 27.3 Å². The van der Waals surface area contributed by atoms with Gasteiger partial charge in [-0.25, -0.2) is 0 Å². The zero-order valence-corrected chi connectivity index (χ0v) is 8.18. The average molecular weight is 184 g/mol. The van der Waals surface area contributed by atoms with Crippen LogP contribution in [0.25, 0.3) is 0 Å². The van der Waals surface area contributed by atoms with Crippen molar-refractivity contribution in [2.24, 2.45) is 0 Å². The van der Waals surface area contributed by atoms with Crippen molar-refractivity contribution in [3.63, 3.8) is 0 Å². The van der Waals surface area contributed by atoms with Crippen LogP contribution in [0.1, 0.15) is 0 Å². The Balaban J connectivity index is 3.56. The molecule has 0 rings (SSSR count). The standard InChI is InChI=1S/C7H17BN4O/c1-9-5-11-4-6(10-2)12-7(13)3-8/h6,9-11H,3-5H2,1-2H3,(H,12,13)/t6-/m0/s1. The van der Waals surface area contributed by atoms with Crippen LogP contribution in [-0.2, 0) is 4.79 Å². The maximum atomic E-state index is 10.9. The van der Waals surface area contributed by atoms with Crippen LogP contribution in [0.3, 0.4) is 0 Å². The van der Waals surface area contributed by atoms with Crippen LogP contribution in [0, 0.1) is 0 Å². The summed E-state index contributed by atoms with van der Waals surface area (Å²) in [7, 11) is 8.78. The molecule has 0 aliphatic rings. The normalized spacial score (nSPS) is 12.5. The van der Waals surface area contributed by atoms with Gasteiger partial charge in [-0.1, -0.05) is 0 Å². The smallest absolute Gasteiger partial charge is 0.212 e. The molecule has 4 N–H and O–H groups in total. The largest absolute Gasteiger partial charge is 0.340 e. The zero-order chi connectivity index (χ0) is 10.1. The van der Waals surface area contributed by atoms with E-state index in [0.717, 1.165) is 0 Å². The number of hydrogen-bond donors (Lipinski definition) is 4. The Labute approximate surface area is 80.4 Å². The molecule has 74 valence electrons. The van der Waals surface area contributed by atoms with Gasteiger partial charge in [-0.15, -0.1) is 0 Å². The quantitative estimate of drug-likeness (QED) is 0.210. The molecule has 0 aromatic heterocycles. The van der Waals surface area contributed by atoms with Crippen molar-refractivity contribution in [3.05, 3.63) is 0 Å². The highest BCUT2D eigenvalue weighted by Crippen LogP contribution is 1.77. The molecular weight excluding hydrogens is 167 g/mol. The highest BCUT2D eigenvalue weighted by Gasteiger charge is 2.06. The second-order valence-electron chi connectivity index (χ2n) is 2.60. The molecule has 1 amide bonds. The lowest BCUT2D eigenvalue weighted by atomic mass is 10.1. The van der Waals surface area contributed by atoms with Crippen molar-refractivity contribution in [3.8, 4) is 0 Å². The Bertz CT molecular complexity index is 144. The summed E-state index contributed by atoms with van der Waals surface area (Å²) in [6.07, 6.45) is -0.0612. The van der Waals surface area contributed by atoms with Gasteiger partial charge in [0.1, 0.15) is 0 Å². The number of rotatable bonds is 7. The van der Waals surface area contributed by atoms with Gasteiger partial charge in [0, 0.05) is 13.2 Å². The lowest BCUT2D eigenvalue weighted by Crippen LogP contribution is -2.50. The Morgan fingerprint density at radius 1 is 1.46 bits per heavy atom. The van der Waals surface area contributed by atoms with Gasteiger partial charge in [-0.05, 0) is 20.4 Å². The van der Waals surface area contributed by atoms with Crippen molar-refractivity contribution >= 4 is 13.8 Å². The molecule has 2 radical (unpaired) electrons. The third kappa shape index (κ3) is 6.56. The van der Waals surface area contributed by atoms with E-state index in [2.05, 4.69) is 21.3 Å². The fourth-order valence-electron chi connectivity index (χ4n) is 0.820. The van der Waals surface area contributed by atoms with Crippen molar-refractivity contribution in [1.82, 2.24) is 21.3 Å². The van der Waals surface area contributed by atoms with Crippen LogP contribution in [0.4, 0.5) is 0 Å². The second-order valence-corrected chi connectivity index (χ2v) is 2.60. The first-order valence-electron chi connectivity index (χ1n) is 4.26. The highest BCUT2D eigenvalue weighted by molar-refractivity contribution is 6.19. The average Bonchev–Trinajstić information content (AvgIpc) is 2.16. The first-order chi connectivity index (χ1) is 6.24. The molecule has 0 spiro atoms. The predicted octanol–water partition coefficient (Wildman–Crippen LogP) is -2.00. The van der Waals surface area contributed by atoms with Gasteiger partial charge in [0.15, 0.2) is 0 Å². The van der Waals surface area contributed by atoms with Crippen LogP contribution in [-0.4, -0.2) is 47.2 Å². The summed E-state index contributed by atoms with van der Waals surface area (Å²) in [5, 5.41) is 11.7. The van der Waals surface area contributed by atoms with Gasteiger partial charge in [0.25, 0.3) is 0 Å². The molecule has 0 unspecified atom stereocenters. The number of carbonyl (C=O) groups excluding carboxylic acids is 1. The summed E-state index contributed by atoms with van der Waals surface area (Å²) >= 11 is 0. The van der Waals surface area contributed by atoms with E-state index in [1.165, 1.54) is 0 Å². The Morgan fingerprint density at radius 3 is 2.62 bits per heavy atom. The van der Waals surface area contributed by atoms with E-state index in [-0.39, 0.29) is 18.4 Å². The topological polar surface area (TPSA) is 65.2 Å². The van der Waals surface area contributed by atoms with Crippen LogP contribution < -0.4 is 21.3 Å². The summed E-state index contributed by atoms with van der Waals surface area (Å²) < 4.78 is 0. The van der Waals surface area contributed by atoms with Gasteiger partial charge in [-0.3, -0.25) is 10.1 Å². The molecule has 0 aromatic rings. The summed E-state index contributed by atoms with van der Waals surface area (Å²) in [4.78, 5) is 10.9. The number of likely N-dealkylation sites (N-methyl/N-ethyl adjacent to an activating group) is 1. The van der Waals surface area contributed by atoms with Crippen LogP contribution in [0.2, 0.25) is 6.32 Å². The van der Waals surface area contributed by atoms with Gasteiger partial charge >= 0.3 is 0 Å². The molecule has 0 heterocycles. The summed E-state index contributed by atoms with van der Waals surface area (Å²) in [5.74, 6) is -0.161. The van der Waals surface area contributed by atoms with Gasteiger partial charge in [-0.2, -0.15) is 0 Å². The number of carbonyl (C=O) groups is 1. The molecule has 0 fully saturated rings. The molecule has 0 aliphatic carbocycles. The van der Waals surface area contributed by atoms with E-state index < -0.39 is 0 Å². The van der Waals surface area contributed by atoms with Crippen LogP contribution in [0.5, 0.6) is 0 Å². The van der Waals surface area contributed by atoms with E-state index in [1.54, 1.807) is 7.05 Å². The van der Waals surface area contributed by atoms with Crippen molar-refractivity contribution in [2.45, 2.75) is 12.5 Å². The lowest BCUT2D eigenvalue weighted by Gasteiger charge is -2.18. The molecule has 5 nitrogen and oxygen atoms in total. The Morgan fingerprint density at radius 2 is 2.15 bits per heavy atom. The second kappa shape index (κ2) is 8.03. The monoisotopic (exact) mass is 184 g/mol. The lowest BCUT2D eigenvalue weighted by molar-refractivity contribution is -0.119. The van der Waals surface area contributed by atoms with Gasteiger partial charge in [0.2, 0.25) is 5.91 Å². The fraction of sp³-hybridized carbons (Fsp3) is 0.857. The minimum atomic E-state index is -0.161. The van der Waals surface area contributed by atoms with Gasteiger partial charge in [0.05, 0.1) is 14.0 Å². The molecule has 0 saturated carbocycles.